The van der Waals surface area contributed by atoms with Gasteiger partial charge >= 0.3 is 11.8 Å². The molecule has 2 aromatic rings. The summed E-state index contributed by atoms with van der Waals surface area (Å²) in [4.78, 5) is 56.7. The van der Waals surface area contributed by atoms with Gasteiger partial charge in [-0.2, -0.15) is 0 Å². The molecule has 1 fully saturated rings. The summed E-state index contributed by atoms with van der Waals surface area (Å²) in [5.41, 5.74) is -0.721. The number of rotatable bonds is 4. The summed E-state index contributed by atoms with van der Waals surface area (Å²) in [6, 6.07) is 4.76. The lowest BCUT2D eigenvalue weighted by Gasteiger charge is -2.26. The van der Waals surface area contributed by atoms with Crippen LogP contribution in [0, 0.1) is 5.82 Å². The molecule has 170 valence electrons. The van der Waals surface area contributed by atoms with Gasteiger partial charge in [0.05, 0.1) is 6.04 Å². The Morgan fingerprint density at radius 2 is 1.91 bits per heavy atom. The quantitative estimate of drug-likeness (QED) is 0.653. The van der Waals surface area contributed by atoms with E-state index in [0.717, 1.165) is 9.47 Å². The minimum Gasteiger partial charge on any atom is -0.501 e. The van der Waals surface area contributed by atoms with Crippen LogP contribution in [-0.4, -0.2) is 62.8 Å². The summed E-state index contributed by atoms with van der Waals surface area (Å²) in [7, 11) is 4.30. The summed E-state index contributed by atoms with van der Waals surface area (Å²) in [5, 5.41) is 12.8. The zero-order chi connectivity index (χ0) is 23.6. The number of amides is 3. The molecule has 1 saturated heterocycles. The fourth-order valence-electron chi connectivity index (χ4n) is 3.52. The molecule has 0 saturated carbocycles. The molecule has 0 unspecified atom stereocenters. The van der Waals surface area contributed by atoms with E-state index in [1.807, 2.05) is 0 Å². The minimum absolute atomic E-state index is 0.0240. The zero-order valence-corrected chi connectivity index (χ0v) is 18.0. The van der Waals surface area contributed by atoms with Crippen molar-refractivity contribution in [1.82, 2.24) is 24.7 Å². The number of nitrogens with zero attached hydrogens (tertiary/aromatic N) is 4. The molecular weight excluding hydrogens is 421 g/mol. The second-order valence-corrected chi connectivity index (χ2v) is 7.70. The topological polar surface area (TPSA) is 125 Å². The predicted molar refractivity (Wildman–Crippen MR) is 111 cm³/mol. The minimum atomic E-state index is -0.847. The highest BCUT2D eigenvalue weighted by atomic mass is 19.1. The maximum atomic E-state index is 13.0. The van der Waals surface area contributed by atoms with E-state index in [1.165, 1.54) is 50.3 Å². The van der Waals surface area contributed by atoms with Crippen LogP contribution in [0.3, 0.4) is 0 Å². The third kappa shape index (κ3) is 4.46. The number of hydrogen-bond donors (Lipinski definition) is 2. The van der Waals surface area contributed by atoms with Gasteiger partial charge in [-0.05, 0) is 30.5 Å². The number of aromatic hydroxyl groups is 1. The van der Waals surface area contributed by atoms with Gasteiger partial charge in [-0.3, -0.25) is 23.7 Å². The Labute approximate surface area is 183 Å². The molecule has 1 aliphatic rings. The molecule has 3 rings (SSSR count). The van der Waals surface area contributed by atoms with Crippen LogP contribution in [0.5, 0.6) is 5.75 Å². The van der Waals surface area contributed by atoms with Crippen molar-refractivity contribution in [2.45, 2.75) is 25.4 Å². The molecule has 11 heteroatoms. The van der Waals surface area contributed by atoms with E-state index in [4.69, 9.17) is 0 Å². The van der Waals surface area contributed by atoms with E-state index in [0.29, 0.717) is 24.9 Å². The SMILES string of the molecule is CN(C)C(=O)C(=O)N1CCC[C@H]1c1nc(C(=O)NCc2ccc(F)cc2)c(O)c(=O)n1C. The standard InChI is InChI=1S/C21H24FN5O5/c1-25(2)20(31)21(32)27-10-4-5-14(27)17-24-15(16(28)19(30)26(17)3)18(29)23-11-12-6-8-13(22)9-7-12/h6-9,14,28H,4-5,10-11H2,1-3H3,(H,23,29)/t14-/m0/s1. The van der Waals surface area contributed by atoms with Crippen LogP contribution < -0.4 is 10.9 Å². The first-order valence-corrected chi connectivity index (χ1v) is 9.96. The Morgan fingerprint density at radius 3 is 2.53 bits per heavy atom. The number of hydrogen-bond acceptors (Lipinski definition) is 6. The van der Waals surface area contributed by atoms with E-state index >= 15 is 0 Å². The molecule has 2 heterocycles. The Morgan fingerprint density at radius 1 is 1.25 bits per heavy atom. The number of likely N-dealkylation sites (N-methyl/N-ethyl adjacent to an activating group) is 1. The van der Waals surface area contributed by atoms with Crippen LogP contribution in [0.25, 0.3) is 0 Å². The number of likely N-dealkylation sites (tertiary alicyclic amines) is 1. The molecule has 0 bridgehead atoms. The van der Waals surface area contributed by atoms with E-state index in [-0.39, 0.29) is 12.4 Å². The van der Waals surface area contributed by atoms with Gasteiger partial charge in [-0.1, -0.05) is 12.1 Å². The molecule has 2 N–H and O–H groups in total. The molecule has 32 heavy (non-hydrogen) atoms. The van der Waals surface area contributed by atoms with Gasteiger partial charge in [0.1, 0.15) is 11.6 Å². The Bertz CT molecular complexity index is 1110. The van der Waals surface area contributed by atoms with Gasteiger partial charge in [0.15, 0.2) is 5.69 Å². The second-order valence-electron chi connectivity index (χ2n) is 7.70. The first-order chi connectivity index (χ1) is 15.1. The number of benzene rings is 1. The molecule has 0 spiro atoms. The highest BCUT2D eigenvalue weighted by molar-refractivity contribution is 6.34. The molecule has 10 nitrogen and oxygen atoms in total. The number of carbonyl (C=O) groups excluding carboxylic acids is 3. The van der Waals surface area contributed by atoms with Gasteiger partial charge in [-0.25, -0.2) is 9.37 Å². The first kappa shape index (κ1) is 22.9. The van der Waals surface area contributed by atoms with Gasteiger partial charge in [0, 0.05) is 34.2 Å². The van der Waals surface area contributed by atoms with Crippen molar-refractivity contribution in [3.05, 3.63) is 57.5 Å². The van der Waals surface area contributed by atoms with Crippen LogP contribution in [0.15, 0.2) is 29.1 Å². The van der Waals surface area contributed by atoms with Crippen LogP contribution in [-0.2, 0) is 23.2 Å². The maximum absolute atomic E-state index is 13.0. The largest absolute Gasteiger partial charge is 0.501 e. The number of aromatic nitrogens is 2. The maximum Gasteiger partial charge on any atom is 0.312 e. The fraction of sp³-hybridized carbons (Fsp3) is 0.381. The van der Waals surface area contributed by atoms with Crippen molar-refractivity contribution in [3.8, 4) is 5.75 Å². The molecule has 1 aliphatic heterocycles. The Kier molecular flexibility index (Phi) is 6.56. The predicted octanol–water partition coefficient (Wildman–Crippen LogP) is 0.307. The molecular formula is C21H24FN5O5. The summed E-state index contributed by atoms with van der Waals surface area (Å²) >= 11 is 0. The monoisotopic (exact) mass is 445 g/mol. The number of nitrogens with one attached hydrogen (secondary N) is 1. The van der Waals surface area contributed by atoms with Crippen molar-refractivity contribution >= 4 is 17.7 Å². The summed E-state index contributed by atoms with van der Waals surface area (Å²) in [6.45, 7) is 0.322. The molecule has 0 aliphatic carbocycles. The van der Waals surface area contributed by atoms with Crippen molar-refractivity contribution in [2.75, 3.05) is 20.6 Å². The zero-order valence-electron chi connectivity index (χ0n) is 18.0. The van der Waals surface area contributed by atoms with E-state index < -0.39 is 46.6 Å². The van der Waals surface area contributed by atoms with Gasteiger partial charge in [0.25, 0.3) is 11.5 Å². The molecule has 0 radical (unpaired) electrons. The summed E-state index contributed by atoms with van der Waals surface area (Å²) in [5.74, 6) is -3.39. The lowest BCUT2D eigenvalue weighted by molar-refractivity contribution is -0.151. The van der Waals surface area contributed by atoms with Crippen LogP contribution >= 0.6 is 0 Å². The first-order valence-electron chi connectivity index (χ1n) is 9.96. The average Bonchev–Trinajstić information content (AvgIpc) is 3.25. The van der Waals surface area contributed by atoms with Crippen LogP contribution in [0.2, 0.25) is 0 Å². The smallest absolute Gasteiger partial charge is 0.312 e. The third-order valence-electron chi connectivity index (χ3n) is 5.28. The molecule has 1 atom stereocenters. The van der Waals surface area contributed by atoms with Crippen molar-refractivity contribution in [1.29, 1.82) is 0 Å². The highest BCUT2D eigenvalue weighted by Crippen LogP contribution is 2.31. The normalized spacial score (nSPS) is 15.5. The number of carbonyl (C=O) groups is 3. The number of halogens is 1. The lowest BCUT2D eigenvalue weighted by atomic mass is 10.1. The Hall–Kier alpha value is -3.76. The van der Waals surface area contributed by atoms with Gasteiger partial charge in [0.2, 0.25) is 5.75 Å². The summed E-state index contributed by atoms with van der Waals surface area (Å²) < 4.78 is 14.1. The van der Waals surface area contributed by atoms with E-state index in [2.05, 4.69) is 10.3 Å². The highest BCUT2D eigenvalue weighted by Gasteiger charge is 2.37. The van der Waals surface area contributed by atoms with Crippen LogP contribution in [0.4, 0.5) is 4.39 Å². The van der Waals surface area contributed by atoms with Gasteiger partial charge in [-0.15, -0.1) is 0 Å². The van der Waals surface area contributed by atoms with Gasteiger partial charge < -0.3 is 20.2 Å². The Balaban J connectivity index is 1.90. The van der Waals surface area contributed by atoms with Crippen molar-refractivity contribution < 1.29 is 23.9 Å². The van der Waals surface area contributed by atoms with E-state index in [9.17, 15) is 28.7 Å². The average molecular weight is 445 g/mol. The lowest BCUT2D eigenvalue weighted by Crippen LogP contribution is -2.43. The third-order valence-corrected chi connectivity index (χ3v) is 5.28. The fourth-order valence-corrected chi connectivity index (χ4v) is 3.52. The molecule has 1 aromatic carbocycles. The molecule has 3 amide bonds. The van der Waals surface area contributed by atoms with Crippen molar-refractivity contribution in [3.63, 3.8) is 0 Å². The summed E-state index contributed by atoms with van der Waals surface area (Å²) in [6.07, 6.45) is 1.02. The van der Waals surface area contributed by atoms with Crippen LogP contribution in [0.1, 0.15) is 40.8 Å². The van der Waals surface area contributed by atoms with E-state index in [1.54, 1.807) is 0 Å². The van der Waals surface area contributed by atoms with Crippen molar-refractivity contribution in [2.24, 2.45) is 7.05 Å². The molecule has 1 aromatic heterocycles. The second kappa shape index (κ2) is 9.16.